The van der Waals surface area contributed by atoms with E-state index in [1.165, 1.54) is 60.9 Å². The molecule has 6 aromatic rings. The van der Waals surface area contributed by atoms with E-state index in [4.69, 9.17) is 4.98 Å². The number of hydrogen-bond donors (Lipinski definition) is 0. The predicted molar refractivity (Wildman–Crippen MR) is 204 cm³/mol. The van der Waals surface area contributed by atoms with E-state index in [9.17, 15) is 0 Å². The van der Waals surface area contributed by atoms with E-state index in [1.807, 2.05) is 0 Å². The van der Waals surface area contributed by atoms with Gasteiger partial charge in [-0.25, -0.2) is 0 Å². The summed E-state index contributed by atoms with van der Waals surface area (Å²) in [5.74, 6) is 0.558. The van der Waals surface area contributed by atoms with Crippen LogP contribution in [0.1, 0.15) is 92.7 Å². The summed E-state index contributed by atoms with van der Waals surface area (Å²) in [4.78, 5) is 10.4. The molecular formula is C45H49N5. The normalized spacial score (nSPS) is 21.9. The minimum Gasteiger partial charge on any atom is -0.336 e. The Bertz CT molecular complexity index is 2320. The van der Waals surface area contributed by atoms with Gasteiger partial charge < -0.3 is 14.0 Å². The zero-order valence-electron chi connectivity index (χ0n) is 30.4. The summed E-state index contributed by atoms with van der Waals surface area (Å²) in [5, 5.41) is 2.97. The lowest BCUT2D eigenvalue weighted by atomic mass is 9.85. The maximum Gasteiger partial charge on any atom is 0.0617 e. The molecule has 3 aromatic heterocycles. The summed E-state index contributed by atoms with van der Waals surface area (Å²) in [6.45, 7) is 14.3. The third-order valence-corrected chi connectivity index (χ3v) is 12.6. The standard InChI is InChI=1S/C45H49N5/c1-27-17-32-11-12-40(49-41-13-15-47(5)25-38(41)36(19-27)44(32)49)33-22-30(4)46-35(23-33)24-48-16-14-42-39(26-48)37-20-28(2)18-34-21-29(3)43(50(42)45(34)37)31-9-7-6-8-10-31/h6-10,17-20,22-23,29,40,43H,11-16,21,24-26H2,1-5H3. The second-order valence-corrected chi connectivity index (χ2v) is 16.3. The van der Waals surface area contributed by atoms with Crippen LogP contribution in [0.25, 0.3) is 21.8 Å². The molecular weight excluding hydrogens is 611 g/mol. The SMILES string of the molecule is Cc1cc2c3c(c1)c1c(n3C(c3cc(C)nc(CN4CCc5c(c6cc(C)cc7c6n5C(c5ccccc5)C(C)C7)C4)c3)CC2)CCN(C)C1. The van der Waals surface area contributed by atoms with Gasteiger partial charge in [0.1, 0.15) is 0 Å². The Hall–Kier alpha value is -4.19. The molecule has 4 aliphatic heterocycles. The fourth-order valence-electron chi connectivity index (χ4n) is 10.7. The Kier molecular flexibility index (Phi) is 6.99. The van der Waals surface area contributed by atoms with Gasteiger partial charge >= 0.3 is 0 Å². The molecule has 50 heavy (non-hydrogen) atoms. The minimum absolute atomic E-state index is 0.367. The van der Waals surface area contributed by atoms with Crippen molar-refractivity contribution in [2.24, 2.45) is 5.92 Å². The lowest BCUT2D eigenvalue weighted by Gasteiger charge is -2.35. The zero-order chi connectivity index (χ0) is 33.8. The van der Waals surface area contributed by atoms with Crippen LogP contribution in [-0.2, 0) is 45.3 Å². The highest BCUT2D eigenvalue weighted by atomic mass is 15.2. The average molecular weight is 660 g/mol. The van der Waals surface area contributed by atoms with Gasteiger partial charge in [0.2, 0.25) is 0 Å². The topological polar surface area (TPSA) is 29.2 Å². The van der Waals surface area contributed by atoms with E-state index in [1.54, 1.807) is 22.5 Å². The number of nitrogens with zero attached hydrogens (tertiary/aromatic N) is 5. The first kappa shape index (κ1) is 30.6. The van der Waals surface area contributed by atoms with Crippen molar-refractivity contribution < 1.29 is 0 Å². The molecule has 4 aliphatic rings. The van der Waals surface area contributed by atoms with E-state index >= 15 is 0 Å². The predicted octanol–water partition coefficient (Wildman–Crippen LogP) is 8.78. The molecule has 0 spiro atoms. The summed E-state index contributed by atoms with van der Waals surface area (Å²) in [6, 6.07) is 26.7. The highest BCUT2D eigenvalue weighted by Crippen LogP contribution is 2.46. The third kappa shape index (κ3) is 4.69. The second-order valence-electron chi connectivity index (χ2n) is 16.3. The van der Waals surface area contributed by atoms with Crippen LogP contribution in [0.3, 0.4) is 0 Å². The minimum atomic E-state index is 0.367. The number of aromatic nitrogens is 3. The van der Waals surface area contributed by atoms with E-state index in [0.717, 1.165) is 70.5 Å². The average Bonchev–Trinajstić information content (AvgIpc) is 3.58. The molecule has 0 amide bonds. The fraction of sp³-hybridized carbons (Fsp3) is 0.400. The fourth-order valence-corrected chi connectivity index (χ4v) is 10.7. The zero-order valence-corrected chi connectivity index (χ0v) is 30.4. The summed E-state index contributed by atoms with van der Waals surface area (Å²) in [5.41, 5.74) is 20.3. The van der Waals surface area contributed by atoms with Gasteiger partial charge in [-0.15, -0.1) is 0 Å². The van der Waals surface area contributed by atoms with E-state index in [0.29, 0.717) is 18.0 Å². The summed E-state index contributed by atoms with van der Waals surface area (Å²) in [7, 11) is 2.27. The van der Waals surface area contributed by atoms with Crippen molar-refractivity contribution in [1.82, 2.24) is 23.9 Å². The molecule has 5 heteroatoms. The molecule has 0 bridgehead atoms. The molecule has 3 atom stereocenters. The Morgan fingerprint density at radius 1 is 0.720 bits per heavy atom. The van der Waals surface area contributed by atoms with Gasteiger partial charge in [0.15, 0.2) is 0 Å². The van der Waals surface area contributed by atoms with Crippen LogP contribution < -0.4 is 0 Å². The summed E-state index contributed by atoms with van der Waals surface area (Å²) in [6.07, 6.45) is 5.64. The van der Waals surface area contributed by atoms with E-state index in [-0.39, 0.29) is 0 Å². The summed E-state index contributed by atoms with van der Waals surface area (Å²) >= 11 is 0. The highest BCUT2D eigenvalue weighted by molar-refractivity contribution is 5.91. The van der Waals surface area contributed by atoms with Gasteiger partial charge in [-0.3, -0.25) is 9.88 Å². The van der Waals surface area contributed by atoms with Crippen molar-refractivity contribution in [3.8, 4) is 0 Å². The molecule has 5 nitrogen and oxygen atoms in total. The van der Waals surface area contributed by atoms with Crippen molar-refractivity contribution in [3.05, 3.63) is 134 Å². The number of rotatable bonds is 4. The highest BCUT2D eigenvalue weighted by Gasteiger charge is 2.36. The molecule has 3 aromatic carbocycles. The van der Waals surface area contributed by atoms with Gasteiger partial charge in [-0.1, -0.05) is 60.5 Å². The van der Waals surface area contributed by atoms with Crippen molar-refractivity contribution in [2.45, 2.75) is 91.5 Å². The number of aryl methyl sites for hydroxylation is 4. The lowest BCUT2D eigenvalue weighted by Crippen LogP contribution is -2.33. The number of pyridine rings is 1. The first-order valence-electron chi connectivity index (χ1n) is 19.0. The number of hydrogen-bond acceptors (Lipinski definition) is 3. The van der Waals surface area contributed by atoms with Crippen LogP contribution in [-0.4, -0.2) is 44.1 Å². The quantitative estimate of drug-likeness (QED) is 0.190. The van der Waals surface area contributed by atoms with Crippen LogP contribution in [0.2, 0.25) is 0 Å². The summed E-state index contributed by atoms with van der Waals surface area (Å²) < 4.78 is 5.53. The lowest BCUT2D eigenvalue weighted by molar-refractivity contribution is 0.237. The maximum absolute atomic E-state index is 5.19. The smallest absolute Gasteiger partial charge is 0.0617 e. The maximum atomic E-state index is 5.19. The van der Waals surface area contributed by atoms with Gasteiger partial charge in [-0.2, -0.15) is 0 Å². The van der Waals surface area contributed by atoms with Crippen LogP contribution in [0, 0.1) is 26.7 Å². The van der Waals surface area contributed by atoms with Crippen molar-refractivity contribution >= 4 is 21.8 Å². The van der Waals surface area contributed by atoms with Gasteiger partial charge in [0.05, 0.1) is 28.8 Å². The molecule has 10 rings (SSSR count). The molecule has 0 saturated heterocycles. The van der Waals surface area contributed by atoms with E-state index < -0.39 is 0 Å². The molecule has 0 radical (unpaired) electrons. The number of benzene rings is 3. The van der Waals surface area contributed by atoms with Crippen LogP contribution >= 0.6 is 0 Å². The van der Waals surface area contributed by atoms with Gasteiger partial charge in [0.25, 0.3) is 0 Å². The van der Waals surface area contributed by atoms with Crippen molar-refractivity contribution in [3.63, 3.8) is 0 Å². The molecule has 254 valence electrons. The Labute approximate surface area is 296 Å². The van der Waals surface area contributed by atoms with Crippen LogP contribution in [0.15, 0.2) is 66.7 Å². The third-order valence-electron chi connectivity index (χ3n) is 12.6. The van der Waals surface area contributed by atoms with E-state index in [2.05, 4.69) is 120 Å². The molecule has 0 N–H and O–H groups in total. The number of fused-ring (bicyclic) bond motifs is 6. The molecule has 0 fully saturated rings. The molecule has 0 saturated carbocycles. The second kappa shape index (κ2) is 11.4. The first-order valence-corrected chi connectivity index (χ1v) is 19.0. The first-order chi connectivity index (χ1) is 24.3. The van der Waals surface area contributed by atoms with Crippen LogP contribution in [0.5, 0.6) is 0 Å². The monoisotopic (exact) mass is 659 g/mol. The van der Waals surface area contributed by atoms with Gasteiger partial charge in [-0.05, 0) is 111 Å². The van der Waals surface area contributed by atoms with Crippen molar-refractivity contribution in [1.29, 1.82) is 0 Å². The number of likely N-dealkylation sites (N-methyl/N-ethyl adjacent to an activating group) is 1. The van der Waals surface area contributed by atoms with Crippen molar-refractivity contribution in [2.75, 3.05) is 20.1 Å². The Balaban J connectivity index is 1.01. The van der Waals surface area contributed by atoms with Gasteiger partial charge in [0, 0.05) is 73.4 Å². The molecule has 7 heterocycles. The van der Waals surface area contributed by atoms with Crippen LogP contribution in [0.4, 0.5) is 0 Å². The molecule has 0 aliphatic carbocycles. The largest absolute Gasteiger partial charge is 0.336 e. The Morgan fingerprint density at radius 2 is 1.42 bits per heavy atom. The molecule has 3 unspecified atom stereocenters. The Morgan fingerprint density at radius 3 is 2.22 bits per heavy atom.